The van der Waals surface area contributed by atoms with Crippen molar-refractivity contribution in [1.82, 2.24) is 0 Å². The Bertz CT molecular complexity index is 218. The first-order valence-electron chi connectivity index (χ1n) is 3.85. The molecule has 0 aromatic rings. The zero-order valence-corrected chi connectivity index (χ0v) is 6.82. The van der Waals surface area contributed by atoms with Gasteiger partial charge in [0.1, 0.15) is 6.10 Å². The van der Waals surface area contributed by atoms with Crippen molar-refractivity contribution in [3.8, 4) is 0 Å². The fourth-order valence-electron chi connectivity index (χ4n) is 1.20. The zero-order valence-electron chi connectivity index (χ0n) is 6.82. The van der Waals surface area contributed by atoms with Crippen LogP contribution in [0.5, 0.6) is 0 Å². The Morgan fingerprint density at radius 2 is 2.15 bits per heavy atom. The number of azide groups is 1. The first-order chi connectivity index (χ1) is 6.19. The van der Waals surface area contributed by atoms with Crippen LogP contribution in [0, 0.1) is 0 Å². The molecule has 0 spiro atoms. The smallest absolute Gasteiger partial charge is 0.162 e. The molecule has 1 fully saturated rings. The fraction of sp³-hybridized carbons (Fsp3) is 1.00. The molecule has 0 saturated carbocycles. The van der Waals surface area contributed by atoms with Crippen LogP contribution in [0.15, 0.2) is 5.11 Å². The third-order valence-corrected chi connectivity index (χ3v) is 1.90. The quantitative estimate of drug-likeness (QED) is 0.297. The SMILES string of the molecule is [N-]=[N+]=N[C@@H]1O[C@H](CO)[C@H](O)C[C@H]1O. The summed E-state index contributed by atoms with van der Waals surface area (Å²) in [5.41, 5.74) is 8.10. The Hall–Kier alpha value is -0.850. The highest BCUT2D eigenvalue weighted by Crippen LogP contribution is 2.20. The number of aliphatic hydroxyl groups excluding tert-OH is 3. The average molecular weight is 189 g/mol. The highest BCUT2D eigenvalue weighted by molar-refractivity contribution is 4.83. The van der Waals surface area contributed by atoms with Crippen LogP contribution in [-0.4, -0.2) is 46.5 Å². The van der Waals surface area contributed by atoms with Crippen LogP contribution in [0.25, 0.3) is 10.4 Å². The van der Waals surface area contributed by atoms with E-state index in [1.807, 2.05) is 0 Å². The molecule has 1 saturated heterocycles. The first kappa shape index (κ1) is 10.2. The Kier molecular flexibility index (Phi) is 3.47. The van der Waals surface area contributed by atoms with Crippen molar-refractivity contribution in [1.29, 1.82) is 0 Å². The summed E-state index contributed by atoms with van der Waals surface area (Å²) in [6.07, 6.45) is -3.72. The molecule has 7 nitrogen and oxygen atoms in total. The van der Waals surface area contributed by atoms with Gasteiger partial charge in [0.2, 0.25) is 0 Å². The Morgan fingerprint density at radius 3 is 2.69 bits per heavy atom. The van der Waals surface area contributed by atoms with Gasteiger partial charge in [-0.25, -0.2) is 0 Å². The molecule has 3 N–H and O–H groups in total. The summed E-state index contributed by atoms with van der Waals surface area (Å²) in [6, 6.07) is 0. The van der Waals surface area contributed by atoms with Crippen molar-refractivity contribution in [2.75, 3.05) is 6.61 Å². The van der Waals surface area contributed by atoms with Crippen LogP contribution < -0.4 is 0 Å². The Morgan fingerprint density at radius 1 is 1.46 bits per heavy atom. The minimum absolute atomic E-state index is 0.0366. The molecule has 4 atom stereocenters. The summed E-state index contributed by atoms with van der Waals surface area (Å²) < 4.78 is 4.93. The molecule has 0 radical (unpaired) electrons. The van der Waals surface area contributed by atoms with Gasteiger partial charge in [-0.15, -0.1) is 0 Å². The topological polar surface area (TPSA) is 119 Å². The van der Waals surface area contributed by atoms with E-state index in [-0.39, 0.29) is 13.0 Å². The van der Waals surface area contributed by atoms with Crippen LogP contribution in [0.4, 0.5) is 0 Å². The van der Waals surface area contributed by atoms with Crippen molar-refractivity contribution >= 4 is 0 Å². The van der Waals surface area contributed by atoms with Gasteiger partial charge in [0, 0.05) is 11.3 Å². The summed E-state index contributed by atoms with van der Waals surface area (Å²) >= 11 is 0. The minimum Gasteiger partial charge on any atom is -0.394 e. The first-order valence-corrected chi connectivity index (χ1v) is 3.85. The van der Waals surface area contributed by atoms with Crippen molar-refractivity contribution in [2.45, 2.75) is 31.0 Å². The maximum Gasteiger partial charge on any atom is 0.162 e. The van der Waals surface area contributed by atoms with Gasteiger partial charge in [0.25, 0.3) is 0 Å². The van der Waals surface area contributed by atoms with Gasteiger partial charge < -0.3 is 20.1 Å². The van der Waals surface area contributed by atoms with E-state index in [9.17, 15) is 10.2 Å². The summed E-state index contributed by atoms with van der Waals surface area (Å²) in [7, 11) is 0. The molecule has 1 aliphatic heterocycles. The van der Waals surface area contributed by atoms with E-state index in [1.54, 1.807) is 0 Å². The second-order valence-corrected chi connectivity index (χ2v) is 2.82. The molecular formula is C6H11N3O4. The molecule has 1 aliphatic rings. The lowest BCUT2D eigenvalue weighted by Crippen LogP contribution is -2.47. The Labute approximate surface area is 74.2 Å². The lowest BCUT2D eigenvalue weighted by molar-refractivity contribution is -0.176. The molecular weight excluding hydrogens is 178 g/mol. The Balaban J connectivity index is 2.63. The molecule has 1 rings (SSSR count). The number of hydrogen-bond donors (Lipinski definition) is 3. The molecule has 0 bridgehead atoms. The van der Waals surface area contributed by atoms with Crippen LogP contribution in [0.2, 0.25) is 0 Å². The van der Waals surface area contributed by atoms with E-state index in [0.29, 0.717) is 0 Å². The largest absolute Gasteiger partial charge is 0.394 e. The number of hydrogen-bond acceptors (Lipinski definition) is 5. The lowest BCUT2D eigenvalue weighted by Gasteiger charge is -2.33. The fourth-order valence-corrected chi connectivity index (χ4v) is 1.20. The van der Waals surface area contributed by atoms with E-state index in [0.717, 1.165) is 0 Å². The van der Waals surface area contributed by atoms with E-state index in [4.69, 9.17) is 15.4 Å². The minimum atomic E-state index is -1.02. The van der Waals surface area contributed by atoms with Crippen LogP contribution in [0.3, 0.4) is 0 Å². The number of aliphatic hydroxyl groups is 3. The highest BCUT2D eigenvalue weighted by Gasteiger charge is 2.35. The van der Waals surface area contributed by atoms with Crippen molar-refractivity contribution in [3.63, 3.8) is 0 Å². The molecule has 13 heavy (non-hydrogen) atoms. The van der Waals surface area contributed by atoms with Gasteiger partial charge in [0.15, 0.2) is 6.23 Å². The standard InChI is InChI=1S/C6H11N3O4/c7-9-8-6-4(12)1-3(11)5(2-10)13-6/h3-6,10-12H,1-2H2/t3-,4-,5-,6-/m1/s1. The molecule has 0 aromatic carbocycles. The maximum absolute atomic E-state index is 9.25. The average Bonchev–Trinajstić information content (AvgIpc) is 2.10. The van der Waals surface area contributed by atoms with Crippen molar-refractivity contribution < 1.29 is 20.1 Å². The molecule has 7 heteroatoms. The van der Waals surface area contributed by atoms with Gasteiger partial charge in [-0.2, -0.15) is 0 Å². The summed E-state index contributed by atoms with van der Waals surface area (Å²) in [5, 5.41) is 30.4. The summed E-state index contributed by atoms with van der Waals surface area (Å²) in [6.45, 7) is -0.370. The van der Waals surface area contributed by atoms with E-state index < -0.39 is 24.5 Å². The second kappa shape index (κ2) is 4.40. The van der Waals surface area contributed by atoms with Crippen LogP contribution in [-0.2, 0) is 4.74 Å². The second-order valence-electron chi connectivity index (χ2n) is 2.82. The van der Waals surface area contributed by atoms with E-state index >= 15 is 0 Å². The number of nitrogens with zero attached hydrogens (tertiary/aromatic N) is 3. The predicted molar refractivity (Wildman–Crippen MR) is 41.5 cm³/mol. The lowest BCUT2D eigenvalue weighted by atomic mass is 10.0. The third kappa shape index (κ3) is 2.30. The monoisotopic (exact) mass is 189 g/mol. The van der Waals surface area contributed by atoms with Crippen molar-refractivity contribution in [2.24, 2.45) is 5.11 Å². The number of rotatable bonds is 2. The van der Waals surface area contributed by atoms with Crippen LogP contribution >= 0.6 is 0 Å². The maximum atomic E-state index is 9.25. The predicted octanol–water partition coefficient (Wildman–Crippen LogP) is -0.874. The van der Waals surface area contributed by atoms with Gasteiger partial charge in [-0.05, 0) is 5.53 Å². The number of ether oxygens (including phenoxy) is 1. The molecule has 74 valence electrons. The third-order valence-electron chi connectivity index (χ3n) is 1.90. The van der Waals surface area contributed by atoms with Gasteiger partial charge in [0.05, 0.1) is 18.8 Å². The molecule has 0 aromatic heterocycles. The normalized spacial score (nSPS) is 39.6. The molecule has 0 amide bonds. The van der Waals surface area contributed by atoms with Crippen molar-refractivity contribution in [3.05, 3.63) is 10.4 Å². The van der Waals surface area contributed by atoms with Crippen LogP contribution in [0.1, 0.15) is 6.42 Å². The molecule has 0 aliphatic carbocycles. The van der Waals surface area contributed by atoms with E-state index in [2.05, 4.69) is 10.0 Å². The van der Waals surface area contributed by atoms with Gasteiger partial charge in [-0.1, -0.05) is 5.11 Å². The summed E-state index contributed by atoms with van der Waals surface area (Å²) in [4.78, 5) is 2.48. The summed E-state index contributed by atoms with van der Waals surface area (Å²) in [5.74, 6) is 0. The highest BCUT2D eigenvalue weighted by atomic mass is 16.5. The van der Waals surface area contributed by atoms with E-state index in [1.165, 1.54) is 0 Å². The molecule has 1 heterocycles. The van der Waals surface area contributed by atoms with Gasteiger partial charge in [-0.3, -0.25) is 0 Å². The zero-order chi connectivity index (χ0) is 9.84. The molecule has 0 unspecified atom stereocenters. The van der Waals surface area contributed by atoms with Gasteiger partial charge >= 0.3 is 0 Å².